The summed E-state index contributed by atoms with van der Waals surface area (Å²) in [5, 5.41) is 0. The van der Waals surface area contributed by atoms with Crippen LogP contribution in [0, 0.1) is 0 Å². The lowest BCUT2D eigenvalue weighted by Crippen LogP contribution is -2.62. The van der Waals surface area contributed by atoms with Gasteiger partial charge in [0.25, 0.3) is 0 Å². The minimum atomic E-state index is -6.19. The molecule has 2 atom stereocenters. The van der Waals surface area contributed by atoms with Crippen molar-refractivity contribution in [2.45, 2.75) is 48.7 Å². The van der Waals surface area contributed by atoms with Crippen LogP contribution in [0.3, 0.4) is 0 Å². The van der Waals surface area contributed by atoms with Gasteiger partial charge in [0.1, 0.15) is 0 Å². The zero-order valence-corrected chi connectivity index (χ0v) is 9.82. The van der Waals surface area contributed by atoms with Crippen LogP contribution in [0.1, 0.15) is 12.8 Å². The molecule has 20 heavy (non-hydrogen) atoms. The fraction of sp³-hybridized carbons (Fsp3) is 1.00. The Morgan fingerprint density at radius 2 is 0.900 bits per heavy atom. The fourth-order valence-corrected chi connectivity index (χ4v) is 1.66. The highest BCUT2D eigenvalue weighted by atomic mass is 19.4. The molecular formula is C10H10F8O2. The number of alkyl halides is 8. The second-order valence-electron chi connectivity index (χ2n) is 4.88. The van der Waals surface area contributed by atoms with E-state index in [-0.39, 0.29) is 13.2 Å². The summed E-state index contributed by atoms with van der Waals surface area (Å²) in [5.41, 5.74) is 0. The first kappa shape index (κ1) is 15.7. The Balaban J connectivity index is 2.19. The Hall–Kier alpha value is -0.640. The van der Waals surface area contributed by atoms with Crippen LogP contribution in [0.15, 0.2) is 0 Å². The topological polar surface area (TPSA) is 25.1 Å². The number of ether oxygens (including phenoxy) is 2. The molecule has 0 N–H and O–H groups in total. The normalized spacial score (nSPS) is 27.6. The molecule has 0 saturated carbocycles. The summed E-state index contributed by atoms with van der Waals surface area (Å²) in [6.07, 6.45) is -6.09. The number of rotatable bonds is 7. The van der Waals surface area contributed by atoms with E-state index in [1.165, 1.54) is 0 Å². The molecule has 2 aliphatic rings. The molecule has 2 aliphatic heterocycles. The van der Waals surface area contributed by atoms with Crippen molar-refractivity contribution in [1.29, 1.82) is 0 Å². The molecule has 0 aliphatic carbocycles. The van der Waals surface area contributed by atoms with Crippen LogP contribution in [0.2, 0.25) is 0 Å². The molecule has 2 fully saturated rings. The first-order valence-electron chi connectivity index (χ1n) is 5.65. The third-order valence-electron chi connectivity index (χ3n) is 3.09. The predicted molar refractivity (Wildman–Crippen MR) is 48.5 cm³/mol. The second kappa shape index (κ2) is 4.43. The molecule has 2 rings (SSSR count). The highest BCUT2D eigenvalue weighted by Crippen LogP contribution is 2.56. The standard InChI is InChI=1S/C10H10F8O2/c11-7(12,1-5-3-19-5)9(15,16)10(17,18)8(13,14)2-6-4-20-6/h5-6H,1-4H2/t5-,6-/m0/s1. The van der Waals surface area contributed by atoms with Crippen LogP contribution in [-0.4, -0.2) is 49.1 Å². The fourth-order valence-electron chi connectivity index (χ4n) is 1.66. The van der Waals surface area contributed by atoms with Crippen molar-refractivity contribution in [3.63, 3.8) is 0 Å². The van der Waals surface area contributed by atoms with Crippen LogP contribution in [-0.2, 0) is 9.47 Å². The highest BCUT2D eigenvalue weighted by molar-refractivity contribution is 5.06. The lowest BCUT2D eigenvalue weighted by molar-refractivity contribution is -0.368. The van der Waals surface area contributed by atoms with Crippen molar-refractivity contribution in [2.24, 2.45) is 0 Å². The molecule has 0 unspecified atom stereocenters. The van der Waals surface area contributed by atoms with Gasteiger partial charge in [-0.1, -0.05) is 0 Å². The van der Waals surface area contributed by atoms with Gasteiger partial charge in [-0.3, -0.25) is 0 Å². The summed E-state index contributed by atoms with van der Waals surface area (Å²) in [7, 11) is 0. The Kier molecular flexibility index (Phi) is 3.48. The maximum Gasteiger partial charge on any atom is 0.378 e. The quantitative estimate of drug-likeness (QED) is 0.533. The van der Waals surface area contributed by atoms with Crippen LogP contribution in [0.4, 0.5) is 35.1 Å². The second-order valence-corrected chi connectivity index (χ2v) is 4.88. The van der Waals surface area contributed by atoms with E-state index in [4.69, 9.17) is 0 Å². The summed E-state index contributed by atoms with van der Waals surface area (Å²) in [5.74, 6) is -23.0. The Morgan fingerprint density at radius 3 is 1.10 bits per heavy atom. The average Bonchev–Trinajstić information content (AvgIpc) is 3.13. The summed E-state index contributed by atoms with van der Waals surface area (Å²) in [4.78, 5) is 0. The van der Waals surface area contributed by atoms with E-state index in [0.29, 0.717) is 0 Å². The zero-order chi connectivity index (χ0) is 15.4. The van der Waals surface area contributed by atoms with Gasteiger partial charge >= 0.3 is 23.7 Å². The Morgan fingerprint density at radius 1 is 0.650 bits per heavy atom. The van der Waals surface area contributed by atoms with Crippen molar-refractivity contribution in [1.82, 2.24) is 0 Å². The number of epoxide rings is 2. The summed E-state index contributed by atoms with van der Waals surface area (Å²) >= 11 is 0. The summed E-state index contributed by atoms with van der Waals surface area (Å²) < 4.78 is 114. The van der Waals surface area contributed by atoms with Gasteiger partial charge in [0.05, 0.1) is 25.4 Å². The van der Waals surface area contributed by atoms with Gasteiger partial charge in [0.2, 0.25) is 0 Å². The van der Waals surface area contributed by atoms with Gasteiger partial charge in [-0.05, 0) is 0 Å². The molecule has 0 amide bonds. The van der Waals surface area contributed by atoms with Crippen molar-refractivity contribution in [3.8, 4) is 0 Å². The molecule has 0 radical (unpaired) electrons. The maximum absolute atomic E-state index is 13.3. The molecule has 118 valence electrons. The number of hydrogen-bond donors (Lipinski definition) is 0. The summed E-state index contributed by atoms with van der Waals surface area (Å²) in [6, 6.07) is 0. The van der Waals surface area contributed by atoms with Gasteiger partial charge in [-0.2, -0.15) is 35.1 Å². The Bertz CT molecular complexity index is 339. The average molecular weight is 314 g/mol. The van der Waals surface area contributed by atoms with E-state index in [2.05, 4.69) is 9.47 Å². The van der Waals surface area contributed by atoms with Crippen molar-refractivity contribution < 1.29 is 44.6 Å². The molecule has 0 spiro atoms. The Labute approximate surface area is 108 Å². The zero-order valence-electron chi connectivity index (χ0n) is 9.82. The maximum atomic E-state index is 13.3. The lowest BCUT2D eigenvalue weighted by Gasteiger charge is -2.36. The molecule has 2 heterocycles. The molecule has 0 aromatic rings. The van der Waals surface area contributed by atoms with Crippen LogP contribution >= 0.6 is 0 Å². The predicted octanol–water partition coefficient (Wildman–Crippen LogP) is 3.11. The van der Waals surface area contributed by atoms with E-state index >= 15 is 0 Å². The molecule has 0 aromatic carbocycles. The first-order valence-corrected chi connectivity index (χ1v) is 5.65. The van der Waals surface area contributed by atoms with Gasteiger partial charge in [-0.15, -0.1) is 0 Å². The van der Waals surface area contributed by atoms with E-state index in [9.17, 15) is 35.1 Å². The van der Waals surface area contributed by atoms with E-state index in [0.717, 1.165) is 0 Å². The third-order valence-corrected chi connectivity index (χ3v) is 3.09. The summed E-state index contributed by atoms with van der Waals surface area (Å²) in [6.45, 7) is -0.576. The van der Waals surface area contributed by atoms with Gasteiger partial charge in [0, 0.05) is 12.8 Å². The van der Waals surface area contributed by atoms with Crippen LogP contribution in [0.5, 0.6) is 0 Å². The van der Waals surface area contributed by atoms with Gasteiger partial charge < -0.3 is 9.47 Å². The molecule has 2 nitrogen and oxygen atoms in total. The van der Waals surface area contributed by atoms with Crippen LogP contribution in [0.25, 0.3) is 0 Å². The van der Waals surface area contributed by atoms with Crippen LogP contribution < -0.4 is 0 Å². The van der Waals surface area contributed by atoms with Crippen molar-refractivity contribution in [3.05, 3.63) is 0 Å². The van der Waals surface area contributed by atoms with E-state index in [1.807, 2.05) is 0 Å². The molecule has 0 bridgehead atoms. The minimum Gasteiger partial charge on any atom is -0.373 e. The molecule has 10 heteroatoms. The van der Waals surface area contributed by atoms with E-state index in [1.54, 1.807) is 0 Å². The van der Waals surface area contributed by atoms with Gasteiger partial charge in [-0.25, -0.2) is 0 Å². The van der Waals surface area contributed by atoms with Crippen molar-refractivity contribution >= 4 is 0 Å². The lowest BCUT2D eigenvalue weighted by atomic mass is 9.93. The third kappa shape index (κ3) is 2.59. The molecular weight excluding hydrogens is 304 g/mol. The molecule has 0 aromatic heterocycles. The van der Waals surface area contributed by atoms with Gasteiger partial charge in [0.15, 0.2) is 0 Å². The molecule has 2 saturated heterocycles. The van der Waals surface area contributed by atoms with Crippen molar-refractivity contribution in [2.75, 3.05) is 13.2 Å². The first-order chi connectivity index (χ1) is 8.91. The minimum absolute atomic E-state index is 0.288. The smallest absolute Gasteiger partial charge is 0.373 e. The van der Waals surface area contributed by atoms with E-state index < -0.39 is 48.7 Å². The largest absolute Gasteiger partial charge is 0.378 e. The number of hydrogen-bond acceptors (Lipinski definition) is 2. The monoisotopic (exact) mass is 314 g/mol. The SMILES string of the molecule is FC(F)(C[C@H]1CO1)C(F)(F)C(F)(F)C(F)(F)C[C@H]1CO1. The highest BCUT2D eigenvalue weighted by Gasteiger charge is 2.80. The number of halogens is 8.